The van der Waals surface area contributed by atoms with Crippen molar-refractivity contribution in [3.63, 3.8) is 0 Å². The van der Waals surface area contributed by atoms with Gasteiger partial charge in [-0.2, -0.15) is 0 Å². The summed E-state index contributed by atoms with van der Waals surface area (Å²) in [6.07, 6.45) is 3.44. The molecule has 2 aromatic heterocycles. The van der Waals surface area contributed by atoms with Crippen LogP contribution in [0.1, 0.15) is 30.0 Å². The molecule has 0 fully saturated rings. The lowest BCUT2D eigenvalue weighted by molar-refractivity contribution is 0.811. The van der Waals surface area contributed by atoms with Crippen molar-refractivity contribution in [1.82, 2.24) is 15.0 Å². The van der Waals surface area contributed by atoms with Crippen molar-refractivity contribution in [1.29, 1.82) is 0 Å². The number of hydrogen-bond acceptors (Lipinski definition) is 4. The highest BCUT2D eigenvalue weighted by atomic mass is 15.0. The first-order chi connectivity index (χ1) is 10.1. The third kappa shape index (κ3) is 2.70. The third-order valence-corrected chi connectivity index (χ3v) is 3.56. The molecule has 0 aliphatic heterocycles. The first-order valence-corrected chi connectivity index (χ1v) is 7.05. The summed E-state index contributed by atoms with van der Waals surface area (Å²) >= 11 is 0. The van der Waals surface area contributed by atoms with Gasteiger partial charge in [0.2, 0.25) is 0 Å². The van der Waals surface area contributed by atoms with Crippen molar-refractivity contribution in [2.45, 2.75) is 26.8 Å². The highest BCUT2D eigenvalue weighted by molar-refractivity contribution is 5.90. The molecule has 0 aliphatic carbocycles. The van der Waals surface area contributed by atoms with E-state index in [-0.39, 0.29) is 6.04 Å². The van der Waals surface area contributed by atoms with Crippen molar-refractivity contribution < 1.29 is 0 Å². The average Bonchev–Trinajstić information content (AvgIpc) is 2.48. The second-order valence-electron chi connectivity index (χ2n) is 5.22. The molecule has 0 saturated carbocycles. The third-order valence-electron chi connectivity index (χ3n) is 3.56. The number of para-hydroxylation sites is 1. The number of fused-ring (bicyclic) bond motifs is 1. The Morgan fingerprint density at radius 2 is 1.81 bits per heavy atom. The summed E-state index contributed by atoms with van der Waals surface area (Å²) in [7, 11) is 0. The highest BCUT2D eigenvalue weighted by Crippen LogP contribution is 2.26. The Bertz CT molecular complexity index is 783. The number of nitrogens with zero attached hydrogens (tertiary/aromatic N) is 3. The average molecular weight is 278 g/mol. The smallest absolute Gasteiger partial charge is 0.0936 e. The van der Waals surface area contributed by atoms with Crippen molar-refractivity contribution in [2.75, 3.05) is 5.32 Å². The summed E-state index contributed by atoms with van der Waals surface area (Å²) in [5.41, 5.74) is 4.93. The number of pyridine rings is 1. The molecule has 0 spiro atoms. The minimum absolute atomic E-state index is 0.0756. The van der Waals surface area contributed by atoms with Crippen LogP contribution in [0.15, 0.2) is 42.7 Å². The Balaban J connectivity index is 1.98. The van der Waals surface area contributed by atoms with E-state index < -0.39 is 0 Å². The number of aromatic nitrogens is 3. The summed E-state index contributed by atoms with van der Waals surface area (Å²) in [6, 6.07) is 10.4. The molecule has 0 saturated heterocycles. The van der Waals surface area contributed by atoms with Gasteiger partial charge in [0.15, 0.2) is 0 Å². The molecule has 0 aliphatic rings. The molecule has 1 N–H and O–H groups in total. The zero-order chi connectivity index (χ0) is 14.8. The lowest BCUT2D eigenvalue weighted by atomic mass is 10.1. The van der Waals surface area contributed by atoms with E-state index in [0.29, 0.717) is 0 Å². The maximum atomic E-state index is 4.65. The van der Waals surface area contributed by atoms with Gasteiger partial charge in [-0.05, 0) is 32.9 Å². The quantitative estimate of drug-likeness (QED) is 0.791. The minimum Gasteiger partial charge on any atom is -0.375 e. The lowest BCUT2D eigenvalue weighted by Crippen LogP contribution is -2.11. The predicted octanol–water partition coefficient (Wildman–Crippen LogP) is 3.81. The summed E-state index contributed by atoms with van der Waals surface area (Å²) in [6.45, 7) is 6.07. The van der Waals surface area contributed by atoms with Crippen LogP contribution in [0.4, 0.5) is 5.69 Å². The Kier molecular flexibility index (Phi) is 3.52. The number of aryl methyl sites for hydroxylation is 2. The molecule has 0 amide bonds. The van der Waals surface area contributed by atoms with Crippen LogP contribution in [0.25, 0.3) is 10.9 Å². The van der Waals surface area contributed by atoms with E-state index in [2.05, 4.69) is 45.4 Å². The molecule has 2 heterocycles. The topological polar surface area (TPSA) is 50.7 Å². The fourth-order valence-electron chi connectivity index (χ4n) is 2.51. The van der Waals surface area contributed by atoms with Crippen LogP contribution in [-0.2, 0) is 0 Å². The van der Waals surface area contributed by atoms with Gasteiger partial charge in [-0.3, -0.25) is 15.0 Å². The van der Waals surface area contributed by atoms with Crippen LogP contribution in [0.3, 0.4) is 0 Å². The molecule has 0 radical (unpaired) electrons. The van der Waals surface area contributed by atoms with E-state index in [1.165, 1.54) is 0 Å². The van der Waals surface area contributed by atoms with E-state index in [1.54, 1.807) is 12.4 Å². The standard InChI is InChI=1S/C17H18N4/c1-11-7-8-14-5-4-6-15(17(14)20-11)21-13(3)16-12(2)18-9-10-19-16/h4-10,13,21H,1-3H3. The SMILES string of the molecule is Cc1ccc2cccc(NC(C)c3nccnc3C)c2n1. The van der Waals surface area contributed by atoms with Gasteiger partial charge in [-0.1, -0.05) is 18.2 Å². The van der Waals surface area contributed by atoms with E-state index in [9.17, 15) is 0 Å². The van der Waals surface area contributed by atoms with Crippen LogP contribution in [0.5, 0.6) is 0 Å². The fraction of sp³-hybridized carbons (Fsp3) is 0.235. The zero-order valence-electron chi connectivity index (χ0n) is 12.5. The Morgan fingerprint density at radius 1 is 1.00 bits per heavy atom. The molecule has 4 nitrogen and oxygen atoms in total. The van der Waals surface area contributed by atoms with Gasteiger partial charge in [0.1, 0.15) is 0 Å². The second-order valence-corrected chi connectivity index (χ2v) is 5.22. The molecule has 106 valence electrons. The number of rotatable bonds is 3. The van der Waals surface area contributed by atoms with Gasteiger partial charge in [0, 0.05) is 23.5 Å². The van der Waals surface area contributed by atoms with Crippen LogP contribution in [-0.4, -0.2) is 15.0 Å². The molecule has 21 heavy (non-hydrogen) atoms. The van der Waals surface area contributed by atoms with Gasteiger partial charge in [-0.25, -0.2) is 0 Å². The zero-order valence-corrected chi connectivity index (χ0v) is 12.5. The fourth-order valence-corrected chi connectivity index (χ4v) is 2.51. The first kappa shape index (κ1) is 13.5. The molecule has 0 bridgehead atoms. The molecule has 4 heteroatoms. The number of hydrogen-bond donors (Lipinski definition) is 1. The Labute approximate surface area is 124 Å². The predicted molar refractivity (Wildman–Crippen MR) is 85.3 cm³/mol. The Morgan fingerprint density at radius 3 is 2.62 bits per heavy atom. The van der Waals surface area contributed by atoms with Gasteiger partial charge in [0.05, 0.1) is 28.6 Å². The summed E-state index contributed by atoms with van der Waals surface area (Å²) in [4.78, 5) is 13.4. The maximum absolute atomic E-state index is 4.65. The maximum Gasteiger partial charge on any atom is 0.0936 e. The molecule has 1 atom stereocenters. The molecule has 3 rings (SSSR count). The van der Waals surface area contributed by atoms with Gasteiger partial charge in [-0.15, -0.1) is 0 Å². The molecular weight excluding hydrogens is 260 g/mol. The normalized spacial score (nSPS) is 12.3. The van der Waals surface area contributed by atoms with Gasteiger partial charge in [0.25, 0.3) is 0 Å². The monoisotopic (exact) mass is 278 g/mol. The van der Waals surface area contributed by atoms with E-state index in [1.807, 2.05) is 26.0 Å². The van der Waals surface area contributed by atoms with Crippen molar-refractivity contribution in [3.8, 4) is 0 Å². The van der Waals surface area contributed by atoms with Crippen molar-refractivity contribution in [2.24, 2.45) is 0 Å². The molecule has 3 aromatic rings. The van der Waals surface area contributed by atoms with Crippen molar-refractivity contribution >= 4 is 16.6 Å². The van der Waals surface area contributed by atoms with E-state index in [0.717, 1.165) is 33.7 Å². The Hall–Kier alpha value is -2.49. The highest BCUT2D eigenvalue weighted by Gasteiger charge is 2.12. The van der Waals surface area contributed by atoms with Crippen molar-refractivity contribution in [3.05, 3.63) is 59.8 Å². The largest absolute Gasteiger partial charge is 0.375 e. The number of anilines is 1. The first-order valence-electron chi connectivity index (χ1n) is 7.05. The van der Waals surface area contributed by atoms with Crippen LogP contribution in [0, 0.1) is 13.8 Å². The second kappa shape index (κ2) is 5.48. The molecular formula is C17H18N4. The van der Waals surface area contributed by atoms with Crippen LogP contribution < -0.4 is 5.32 Å². The minimum atomic E-state index is 0.0756. The van der Waals surface area contributed by atoms with E-state index >= 15 is 0 Å². The lowest BCUT2D eigenvalue weighted by Gasteiger charge is -2.17. The number of benzene rings is 1. The van der Waals surface area contributed by atoms with Crippen LogP contribution in [0.2, 0.25) is 0 Å². The summed E-state index contributed by atoms with van der Waals surface area (Å²) in [5, 5.41) is 4.64. The van der Waals surface area contributed by atoms with Gasteiger partial charge < -0.3 is 5.32 Å². The van der Waals surface area contributed by atoms with Crippen LogP contribution >= 0.6 is 0 Å². The number of nitrogens with one attached hydrogen (secondary N) is 1. The summed E-state index contributed by atoms with van der Waals surface area (Å²) in [5.74, 6) is 0. The molecule has 1 aromatic carbocycles. The summed E-state index contributed by atoms with van der Waals surface area (Å²) < 4.78 is 0. The van der Waals surface area contributed by atoms with E-state index in [4.69, 9.17) is 0 Å². The molecule has 1 unspecified atom stereocenters. The van der Waals surface area contributed by atoms with Gasteiger partial charge >= 0.3 is 0 Å².